The molecule has 2 N–H and O–H groups in total. The van der Waals surface area contributed by atoms with Gasteiger partial charge in [-0.25, -0.2) is 8.42 Å². The molecule has 0 fully saturated rings. The summed E-state index contributed by atoms with van der Waals surface area (Å²) in [5.74, 6) is 0.408. The van der Waals surface area contributed by atoms with E-state index in [9.17, 15) is 18.5 Å². The highest BCUT2D eigenvalue weighted by Gasteiger charge is 2.24. The Bertz CT molecular complexity index is 862. The minimum Gasteiger partial charge on any atom is -0.323 e. The van der Waals surface area contributed by atoms with Crippen LogP contribution in [0, 0.1) is 10.1 Å². The van der Waals surface area contributed by atoms with Crippen LogP contribution in [0.4, 0.5) is 5.69 Å². The molecule has 8 heteroatoms. The van der Waals surface area contributed by atoms with Gasteiger partial charge in [-0.1, -0.05) is 38.1 Å². The molecule has 0 radical (unpaired) electrons. The van der Waals surface area contributed by atoms with Crippen LogP contribution in [0.15, 0.2) is 53.4 Å². The summed E-state index contributed by atoms with van der Waals surface area (Å²) < 4.78 is 26.4. The molecule has 1 atom stereocenters. The summed E-state index contributed by atoms with van der Waals surface area (Å²) >= 11 is 0. The van der Waals surface area contributed by atoms with Crippen molar-refractivity contribution < 1.29 is 13.3 Å². The van der Waals surface area contributed by atoms with Gasteiger partial charge >= 0.3 is 0 Å². The Morgan fingerprint density at radius 2 is 1.54 bits per heavy atom. The highest BCUT2D eigenvalue weighted by molar-refractivity contribution is 7.89. The molecule has 0 aliphatic carbocycles. The second kappa shape index (κ2) is 7.94. The van der Waals surface area contributed by atoms with Gasteiger partial charge in [0.15, 0.2) is 0 Å². The number of nitrogens with two attached hydrogens (primary N) is 1. The standard InChI is InChI=1S/C18H23N3O4S/c1-13(2)14-4-6-15(7-5-14)18(19)12-20(3)26(24,25)17-10-8-16(9-11-17)21(22)23/h4-11,13,18H,12,19H2,1-3H3/t18-/m1/s1. The minimum absolute atomic E-state index is 0.00652. The Hall–Kier alpha value is -2.29. The van der Waals surface area contributed by atoms with Crippen molar-refractivity contribution in [2.75, 3.05) is 13.6 Å². The topological polar surface area (TPSA) is 107 Å². The van der Waals surface area contributed by atoms with E-state index in [0.29, 0.717) is 5.92 Å². The quantitative estimate of drug-likeness (QED) is 0.589. The van der Waals surface area contributed by atoms with Crippen LogP contribution in [0.3, 0.4) is 0 Å². The minimum atomic E-state index is -3.78. The average Bonchev–Trinajstić information content (AvgIpc) is 2.61. The smallest absolute Gasteiger partial charge is 0.269 e. The van der Waals surface area contributed by atoms with Crippen LogP contribution in [0.2, 0.25) is 0 Å². The second-order valence-electron chi connectivity index (χ2n) is 6.46. The first kappa shape index (κ1) is 20.0. The van der Waals surface area contributed by atoms with Crippen LogP contribution in [-0.4, -0.2) is 31.2 Å². The van der Waals surface area contributed by atoms with Gasteiger partial charge in [-0.2, -0.15) is 4.31 Å². The SMILES string of the molecule is CC(C)c1ccc([C@H](N)CN(C)S(=O)(=O)c2ccc([N+](=O)[O-])cc2)cc1. The summed E-state index contributed by atoms with van der Waals surface area (Å²) in [6.07, 6.45) is 0. The first-order valence-electron chi connectivity index (χ1n) is 8.19. The molecule has 0 aromatic heterocycles. The van der Waals surface area contributed by atoms with Crippen molar-refractivity contribution in [2.45, 2.75) is 30.7 Å². The van der Waals surface area contributed by atoms with Crippen molar-refractivity contribution in [1.82, 2.24) is 4.31 Å². The maximum absolute atomic E-state index is 12.6. The Kier molecular flexibility index (Phi) is 6.12. The summed E-state index contributed by atoms with van der Waals surface area (Å²) in [7, 11) is -2.33. The highest BCUT2D eigenvalue weighted by atomic mass is 32.2. The van der Waals surface area contributed by atoms with Crippen LogP contribution >= 0.6 is 0 Å². The third-order valence-electron chi connectivity index (χ3n) is 4.24. The lowest BCUT2D eigenvalue weighted by Gasteiger charge is -2.22. The number of likely N-dealkylation sites (N-methyl/N-ethyl adjacent to an activating group) is 1. The van der Waals surface area contributed by atoms with Gasteiger partial charge in [0.25, 0.3) is 5.69 Å². The van der Waals surface area contributed by atoms with Crippen molar-refractivity contribution in [3.8, 4) is 0 Å². The molecule has 26 heavy (non-hydrogen) atoms. The largest absolute Gasteiger partial charge is 0.323 e. The van der Waals surface area contributed by atoms with E-state index in [4.69, 9.17) is 5.73 Å². The van der Waals surface area contributed by atoms with Gasteiger partial charge < -0.3 is 5.73 Å². The number of non-ortho nitro benzene ring substituents is 1. The van der Waals surface area contributed by atoms with Crippen molar-refractivity contribution >= 4 is 15.7 Å². The summed E-state index contributed by atoms with van der Waals surface area (Å²) in [6.45, 7) is 4.29. The molecule has 0 saturated carbocycles. The number of nitro groups is 1. The van der Waals surface area contributed by atoms with E-state index < -0.39 is 21.0 Å². The maximum atomic E-state index is 12.6. The Morgan fingerprint density at radius 3 is 2.00 bits per heavy atom. The van der Waals surface area contributed by atoms with E-state index >= 15 is 0 Å². The zero-order valence-corrected chi connectivity index (χ0v) is 15.8. The van der Waals surface area contributed by atoms with Crippen molar-refractivity contribution in [3.63, 3.8) is 0 Å². The number of nitro benzene ring substituents is 1. The molecule has 7 nitrogen and oxygen atoms in total. The molecular weight excluding hydrogens is 354 g/mol. The monoisotopic (exact) mass is 377 g/mol. The van der Waals surface area contributed by atoms with Crippen LogP contribution in [0.1, 0.15) is 36.9 Å². The normalized spacial score (nSPS) is 13.2. The number of sulfonamides is 1. The van der Waals surface area contributed by atoms with Crippen molar-refractivity contribution in [1.29, 1.82) is 0 Å². The lowest BCUT2D eigenvalue weighted by atomic mass is 9.99. The molecule has 0 bridgehead atoms. The second-order valence-corrected chi connectivity index (χ2v) is 8.51. The van der Waals surface area contributed by atoms with E-state index in [-0.39, 0.29) is 17.1 Å². The van der Waals surface area contributed by atoms with E-state index in [1.165, 1.54) is 36.9 Å². The average molecular weight is 377 g/mol. The van der Waals surface area contributed by atoms with Gasteiger partial charge in [-0.15, -0.1) is 0 Å². The fourth-order valence-corrected chi connectivity index (χ4v) is 3.73. The van der Waals surface area contributed by atoms with Gasteiger partial charge in [0.05, 0.1) is 9.82 Å². The lowest BCUT2D eigenvalue weighted by Crippen LogP contribution is -2.34. The molecule has 0 aliphatic rings. The number of benzene rings is 2. The van der Waals surface area contributed by atoms with Crippen molar-refractivity contribution in [2.24, 2.45) is 5.73 Å². The van der Waals surface area contributed by atoms with E-state index in [1.807, 2.05) is 24.3 Å². The Morgan fingerprint density at radius 1 is 1.04 bits per heavy atom. The highest BCUT2D eigenvalue weighted by Crippen LogP contribution is 2.22. The van der Waals surface area contributed by atoms with Crippen LogP contribution in [0.5, 0.6) is 0 Å². The van der Waals surface area contributed by atoms with Gasteiger partial charge in [-0.05, 0) is 29.2 Å². The molecule has 0 amide bonds. The first-order valence-corrected chi connectivity index (χ1v) is 9.63. The fourth-order valence-electron chi connectivity index (χ4n) is 2.53. The molecule has 2 aromatic rings. The molecule has 2 aromatic carbocycles. The summed E-state index contributed by atoms with van der Waals surface area (Å²) in [6, 6.07) is 12.1. The Balaban J connectivity index is 2.13. The number of rotatable bonds is 7. The zero-order valence-electron chi connectivity index (χ0n) is 15.0. The number of hydrogen-bond acceptors (Lipinski definition) is 5. The lowest BCUT2D eigenvalue weighted by molar-refractivity contribution is -0.384. The van der Waals surface area contributed by atoms with E-state index in [0.717, 1.165) is 9.87 Å². The molecule has 140 valence electrons. The summed E-state index contributed by atoms with van der Waals surface area (Å²) in [5, 5.41) is 10.7. The predicted molar refractivity (Wildman–Crippen MR) is 100 cm³/mol. The zero-order chi connectivity index (χ0) is 19.5. The third kappa shape index (κ3) is 4.46. The maximum Gasteiger partial charge on any atom is 0.269 e. The predicted octanol–water partition coefficient (Wildman–Crippen LogP) is 3.04. The number of nitrogens with zero attached hydrogens (tertiary/aromatic N) is 2. The van der Waals surface area contributed by atoms with Gasteiger partial charge in [0.2, 0.25) is 10.0 Å². The van der Waals surface area contributed by atoms with Crippen molar-refractivity contribution in [3.05, 3.63) is 69.8 Å². The van der Waals surface area contributed by atoms with E-state index in [1.54, 1.807) is 0 Å². The molecule has 0 saturated heterocycles. The van der Waals surface area contributed by atoms with Gasteiger partial charge in [0.1, 0.15) is 0 Å². The molecule has 0 spiro atoms. The summed E-state index contributed by atoms with van der Waals surface area (Å²) in [5.41, 5.74) is 8.04. The Labute approximate surface area is 153 Å². The van der Waals surface area contributed by atoms with Crippen LogP contribution in [0.25, 0.3) is 0 Å². The molecule has 0 heterocycles. The molecule has 0 aliphatic heterocycles. The molecular formula is C18H23N3O4S. The molecule has 2 rings (SSSR count). The third-order valence-corrected chi connectivity index (χ3v) is 6.08. The fraction of sp³-hybridized carbons (Fsp3) is 0.333. The van der Waals surface area contributed by atoms with Crippen LogP contribution < -0.4 is 5.73 Å². The molecule has 0 unspecified atom stereocenters. The first-order chi connectivity index (χ1) is 12.1. The van der Waals surface area contributed by atoms with Crippen LogP contribution in [-0.2, 0) is 10.0 Å². The number of hydrogen-bond donors (Lipinski definition) is 1. The van der Waals surface area contributed by atoms with E-state index in [2.05, 4.69) is 13.8 Å². The summed E-state index contributed by atoms with van der Waals surface area (Å²) in [4.78, 5) is 10.1. The van der Waals surface area contributed by atoms with Gasteiger partial charge in [0, 0.05) is 31.8 Å². The van der Waals surface area contributed by atoms with Gasteiger partial charge in [-0.3, -0.25) is 10.1 Å².